The average molecular weight is 345 g/mol. The van der Waals surface area contributed by atoms with E-state index >= 15 is 0 Å². The van der Waals surface area contributed by atoms with Crippen LogP contribution < -0.4 is 0 Å². The van der Waals surface area contributed by atoms with Crippen molar-refractivity contribution in [2.75, 3.05) is 0 Å². The van der Waals surface area contributed by atoms with E-state index in [1.807, 2.05) is 0 Å². The van der Waals surface area contributed by atoms with Crippen LogP contribution in [0, 0.1) is 11.8 Å². The Hall–Kier alpha value is -0.750. The van der Waals surface area contributed by atoms with Crippen molar-refractivity contribution in [3.63, 3.8) is 0 Å². The van der Waals surface area contributed by atoms with E-state index < -0.39 is 0 Å². The molecule has 2 fully saturated rings. The maximum atomic E-state index is 5.73. The lowest BCUT2D eigenvalue weighted by molar-refractivity contribution is 0.308. The van der Waals surface area contributed by atoms with Crippen LogP contribution in [0.15, 0.2) is 35.9 Å². The summed E-state index contributed by atoms with van der Waals surface area (Å²) in [6, 6.07) is 9.72. The minimum Gasteiger partial charge on any atom is -0.0933 e. The van der Waals surface area contributed by atoms with Gasteiger partial charge in [-0.3, -0.25) is 0 Å². The van der Waals surface area contributed by atoms with Gasteiger partial charge in [0.05, 0.1) is 0 Å². The fraction of sp³-hybridized carbons (Fsp3) is 0.652. The molecule has 0 N–H and O–H groups in total. The second-order valence-corrected chi connectivity index (χ2v) is 8.36. The van der Waals surface area contributed by atoms with Crippen molar-refractivity contribution in [2.24, 2.45) is 11.8 Å². The van der Waals surface area contributed by atoms with Crippen LogP contribution >= 0.6 is 11.6 Å². The Morgan fingerprint density at radius 2 is 1.33 bits per heavy atom. The van der Waals surface area contributed by atoms with Crippen molar-refractivity contribution >= 4 is 11.6 Å². The number of hydrogen-bond acceptors (Lipinski definition) is 0. The Kier molecular flexibility index (Phi) is 6.84. The van der Waals surface area contributed by atoms with Crippen molar-refractivity contribution < 1.29 is 0 Å². The molecule has 0 unspecified atom stereocenters. The van der Waals surface area contributed by atoms with Crippen LogP contribution in [0.1, 0.15) is 94.1 Å². The number of benzene rings is 1. The monoisotopic (exact) mass is 344 g/mol. The SMILES string of the molecule is CCCC1CCC(c2ccc(C3CCC(/C=C/Cl)CC3)cc2)CC1. The highest BCUT2D eigenvalue weighted by Crippen LogP contribution is 2.39. The molecule has 0 saturated heterocycles. The van der Waals surface area contributed by atoms with Crippen molar-refractivity contribution in [1.82, 2.24) is 0 Å². The highest BCUT2D eigenvalue weighted by molar-refractivity contribution is 6.25. The molecule has 0 aromatic heterocycles. The van der Waals surface area contributed by atoms with Crippen molar-refractivity contribution in [3.8, 4) is 0 Å². The maximum absolute atomic E-state index is 5.73. The van der Waals surface area contributed by atoms with Crippen molar-refractivity contribution in [2.45, 2.75) is 83.0 Å². The topological polar surface area (TPSA) is 0 Å². The Balaban J connectivity index is 1.53. The van der Waals surface area contributed by atoms with Crippen LogP contribution in [-0.2, 0) is 0 Å². The largest absolute Gasteiger partial charge is 0.0933 e. The van der Waals surface area contributed by atoms with E-state index in [1.165, 1.54) is 64.2 Å². The van der Waals surface area contributed by atoms with Gasteiger partial charge < -0.3 is 0 Å². The summed E-state index contributed by atoms with van der Waals surface area (Å²) in [5, 5.41) is 0. The summed E-state index contributed by atoms with van der Waals surface area (Å²) in [7, 11) is 0. The number of hydrogen-bond donors (Lipinski definition) is 0. The smallest absolute Gasteiger partial charge is 0.000525 e. The van der Waals surface area contributed by atoms with E-state index in [-0.39, 0.29) is 0 Å². The third-order valence-corrected chi connectivity index (χ3v) is 6.69. The van der Waals surface area contributed by atoms with Gasteiger partial charge in [0.1, 0.15) is 0 Å². The summed E-state index contributed by atoms with van der Waals surface area (Å²) in [4.78, 5) is 0. The van der Waals surface area contributed by atoms with Crippen LogP contribution in [-0.4, -0.2) is 0 Å². The third kappa shape index (κ3) is 4.66. The van der Waals surface area contributed by atoms with Gasteiger partial charge in [-0.25, -0.2) is 0 Å². The summed E-state index contributed by atoms with van der Waals surface area (Å²) in [5.41, 5.74) is 4.86. The fourth-order valence-corrected chi connectivity index (χ4v) is 5.19. The molecule has 0 amide bonds. The van der Waals surface area contributed by atoms with Crippen LogP contribution in [0.2, 0.25) is 0 Å². The van der Waals surface area contributed by atoms with Crippen LogP contribution in [0.25, 0.3) is 0 Å². The molecule has 0 atom stereocenters. The minimum absolute atomic E-state index is 0.705. The molecular formula is C23H33Cl. The highest BCUT2D eigenvalue weighted by Gasteiger charge is 2.23. The second-order valence-electron chi connectivity index (χ2n) is 8.10. The first-order chi connectivity index (χ1) is 11.8. The summed E-state index contributed by atoms with van der Waals surface area (Å²) < 4.78 is 0. The molecule has 2 aliphatic rings. The molecular weight excluding hydrogens is 312 g/mol. The first-order valence-electron chi connectivity index (χ1n) is 10.2. The van der Waals surface area contributed by atoms with Gasteiger partial charge in [0, 0.05) is 5.54 Å². The molecule has 1 aromatic rings. The molecule has 0 nitrogen and oxygen atoms in total. The van der Waals surface area contributed by atoms with Crippen LogP contribution in [0.4, 0.5) is 0 Å². The van der Waals surface area contributed by atoms with Gasteiger partial charge in [-0.05, 0) is 86.2 Å². The zero-order valence-corrected chi connectivity index (χ0v) is 16.0. The quantitative estimate of drug-likeness (QED) is 0.511. The third-order valence-electron chi connectivity index (χ3n) is 6.54. The number of rotatable bonds is 5. The zero-order valence-electron chi connectivity index (χ0n) is 15.2. The predicted octanol–water partition coefficient (Wildman–Crippen LogP) is 7.79. The average Bonchev–Trinajstić information content (AvgIpc) is 2.64. The van der Waals surface area contributed by atoms with Gasteiger partial charge in [-0.2, -0.15) is 0 Å². The van der Waals surface area contributed by atoms with Gasteiger partial charge in [-0.15, -0.1) is 0 Å². The van der Waals surface area contributed by atoms with Gasteiger partial charge >= 0.3 is 0 Å². The molecule has 1 heteroatoms. The molecule has 0 aliphatic heterocycles. The molecule has 2 saturated carbocycles. The molecule has 1 aromatic carbocycles. The zero-order chi connectivity index (χ0) is 16.8. The summed E-state index contributed by atoms with van der Waals surface area (Å²) in [6.07, 6.45) is 15.9. The molecule has 0 heterocycles. The molecule has 2 aliphatic carbocycles. The van der Waals surface area contributed by atoms with Crippen LogP contribution in [0.3, 0.4) is 0 Å². The predicted molar refractivity (Wildman–Crippen MR) is 106 cm³/mol. The molecule has 0 spiro atoms. The molecule has 24 heavy (non-hydrogen) atoms. The Morgan fingerprint density at radius 1 is 0.833 bits per heavy atom. The van der Waals surface area contributed by atoms with E-state index in [0.717, 1.165) is 17.8 Å². The van der Waals surface area contributed by atoms with Crippen LogP contribution in [0.5, 0.6) is 0 Å². The normalized spacial score (nSPS) is 31.4. The van der Waals surface area contributed by atoms with E-state index in [2.05, 4.69) is 37.3 Å². The van der Waals surface area contributed by atoms with Crippen molar-refractivity contribution in [3.05, 3.63) is 47.0 Å². The van der Waals surface area contributed by atoms with E-state index in [0.29, 0.717) is 5.92 Å². The second kappa shape index (κ2) is 9.09. The Labute approximate surface area is 153 Å². The van der Waals surface area contributed by atoms with Gasteiger partial charge in [0.2, 0.25) is 0 Å². The van der Waals surface area contributed by atoms with Gasteiger partial charge in [0.25, 0.3) is 0 Å². The van der Waals surface area contributed by atoms with E-state index in [4.69, 9.17) is 11.6 Å². The first-order valence-corrected chi connectivity index (χ1v) is 10.6. The summed E-state index contributed by atoms with van der Waals surface area (Å²) >= 11 is 5.73. The highest BCUT2D eigenvalue weighted by atomic mass is 35.5. The molecule has 0 bridgehead atoms. The number of halogens is 1. The van der Waals surface area contributed by atoms with Gasteiger partial charge in [-0.1, -0.05) is 61.7 Å². The molecule has 0 radical (unpaired) electrons. The summed E-state index contributed by atoms with van der Waals surface area (Å²) in [5.74, 6) is 3.29. The van der Waals surface area contributed by atoms with Crippen molar-refractivity contribution in [1.29, 1.82) is 0 Å². The van der Waals surface area contributed by atoms with E-state index in [1.54, 1.807) is 16.7 Å². The lowest BCUT2D eigenvalue weighted by Gasteiger charge is -2.29. The Morgan fingerprint density at radius 3 is 1.79 bits per heavy atom. The standard InChI is InChI=1S/C23H33Cl/c1-2-3-18-4-8-20(9-5-18)22-12-14-23(15-13-22)21-10-6-19(7-11-21)16-17-24/h12-21H,2-11H2,1H3/b17-16+. The number of allylic oxidation sites excluding steroid dienone is 1. The Bertz CT molecular complexity index is 499. The lowest BCUT2D eigenvalue weighted by Crippen LogP contribution is -2.14. The molecule has 132 valence electrons. The fourth-order valence-electron chi connectivity index (χ4n) is 4.98. The van der Waals surface area contributed by atoms with E-state index in [9.17, 15) is 0 Å². The van der Waals surface area contributed by atoms with Gasteiger partial charge in [0.15, 0.2) is 0 Å². The lowest BCUT2D eigenvalue weighted by atomic mass is 9.76. The first kappa shape index (κ1) is 18.1. The minimum atomic E-state index is 0.705. The maximum Gasteiger partial charge on any atom is 0.000525 e. The molecule has 3 rings (SSSR count). The summed E-state index contributed by atoms with van der Waals surface area (Å²) in [6.45, 7) is 2.32.